The molecule has 2 atom stereocenters. The number of carbonyl (C=O) groups is 1. The molecule has 0 aromatic heterocycles. The highest BCUT2D eigenvalue weighted by atomic mass is 16.5. The summed E-state index contributed by atoms with van der Waals surface area (Å²) in [5.41, 5.74) is -1.44. The smallest absolute Gasteiger partial charge is 0.314 e. The number of rotatable bonds is 2. The van der Waals surface area contributed by atoms with E-state index < -0.39 is 11.0 Å². The molecule has 17 heavy (non-hydrogen) atoms. The minimum atomic E-state index is -0.825. The zero-order chi connectivity index (χ0) is 12.5. The monoisotopic (exact) mass is 240 g/mol. The third-order valence-corrected chi connectivity index (χ3v) is 4.90. The second-order valence-corrected chi connectivity index (χ2v) is 6.01. The molecule has 2 saturated carbocycles. The van der Waals surface area contributed by atoms with E-state index in [0.717, 1.165) is 44.9 Å². The summed E-state index contributed by atoms with van der Waals surface area (Å²) < 4.78 is 4.99. The van der Waals surface area contributed by atoms with Crippen molar-refractivity contribution in [3.8, 4) is 0 Å². The zero-order valence-corrected chi connectivity index (χ0v) is 11.0. The molecule has 0 amide bonds. The molecule has 2 aliphatic rings. The lowest BCUT2D eigenvalue weighted by atomic mass is 9.62. The summed E-state index contributed by atoms with van der Waals surface area (Å²) in [6.45, 7) is 2.17. The van der Waals surface area contributed by atoms with Crippen molar-refractivity contribution in [3.63, 3.8) is 0 Å². The van der Waals surface area contributed by atoms with Gasteiger partial charge in [0.25, 0.3) is 0 Å². The van der Waals surface area contributed by atoms with Gasteiger partial charge in [-0.2, -0.15) is 0 Å². The number of carbonyl (C=O) groups excluding carboxylic acids is 1. The van der Waals surface area contributed by atoms with Crippen LogP contribution in [0.15, 0.2) is 0 Å². The van der Waals surface area contributed by atoms with Crippen LogP contribution in [0.5, 0.6) is 0 Å². The van der Waals surface area contributed by atoms with Gasteiger partial charge in [0.1, 0.15) is 0 Å². The Bertz CT molecular complexity index is 294. The van der Waals surface area contributed by atoms with Gasteiger partial charge in [-0.15, -0.1) is 0 Å². The molecule has 0 aliphatic heterocycles. The molecule has 0 aromatic carbocycles. The SMILES string of the molecule is COC(=O)C1(C2(O)CCCC(C)C2)CCCC1. The number of hydrogen-bond acceptors (Lipinski definition) is 3. The van der Waals surface area contributed by atoms with Crippen LogP contribution in [0.3, 0.4) is 0 Å². The molecule has 2 unspecified atom stereocenters. The van der Waals surface area contributed by atoms with Crippen molar-refractivity contribution in [3.05, 3.63) is 0 Å². The molecular formula is C14H24O3. The Morgan fingerprint density at radius 3 is 2.41 bits per heavy atom. The van der Waals surface area contributed by atoms with Crippen LogP contribution in [0.25, 0.3) is 0 Å². The summed E-state index contributed by atoms with van der Waals surface area (Å²) in [5.74, 6) is 0.322. The highest BCUT2D eigenvalue weighted by Gasteiger charge is 2.58. The van der Waals surface area contributed by atoms with Crippen LogP contribution in [0.4, 0.5) is 0 Å². The standard InChI is InChI=1S/C14H24O3/c1-11-6-5-9-14(16,10-11)13(12(15)17-2)7-3-4-8-13/h11,16H,3-10H2,1-2H3. The van der Waals surface area contributed by atoms with Gasteiger partial charge in [-0.05, 0) is 31.6 Å². The summed E-state index contributed by atoms with van der Waals surface area (Å²) in [6, 6.07) is 0. The number of ether oxygens (including phenoxy) is 1. The predicted molar refractivity (Wildman–Crippen MR) is 65.5 cm³/mol. The largest absolute Gasteiger partial charge is 0.469 e. The quantitative estimate of drug-likeness (QED) is 0.755. The molecule has 2 fully saturated rings. The van der Waals surface area contributed by atoms with Crippen LogP contribution >= 0.6 is 0 Å². The van der Waals surface area contributed by atoms with E-state index in [4.69, 9.17) is 4.74 Å². The van der Waals surface area contributed by atoms with Crippen molar-refractivity contribution >= 4 is 5.97 Å². The Balaban J connectivity index is 2.28. The third-order valence-electron chi connectivity index (χ3n) is 4.90. The van der Waals surface area contributed by atoms with E-state index in [1.807, 2.05) is 0 Å². The van der Waals surface area contributed by atoms with Crippen molar-refractivity contribution in [1.82, 2.24) is 0 Å². The van der Waals surface area contributed by atoms with Crippen LogP contribution in [0.2, 0.25) is 0 Å². The third kappa shape index (κ3) is 1.99. The van der Waals surface area contributed by atoms with Gasteiger partial charge in [0, 0.05) is 0 Å². The lowest BCUT2D eigenvalue weighted by Crippen LogP contribution is -2.54. The van der Waals surface area contributed by atoms with E-state index in [1.165, 1.54) is 13.5 Å². The number of methoxy groups -OCH3 is 1. The average molecular weight is 240 g/mol. The molecule has 2 aliphatic carbocycles. The fourth-order valence-corrected chi connectivity index (χ4v) is 3.99. The summed E-state index contributed by atoms with van der Waals surface area (Å²) in [7, 11) is 1.44. The molecule has 0 bridgehead atoms. The molecule has 0 radical (unpaired) electrons. The van der Waals surface area contributed by atoms with E-state index in [2.05, 4.69) is 6.92 Å². The highest BCUT2D eigenvalue weighted by Crippen LogP contribution is 2.53. The Morgan fingerprint density at radius 1 is 1.24 bits per heavy atom. The van der Waals surface area contributed by atoms with Gasteiger partial charge >= 0.3 is 5.97 Å². The highest BCUT2D eigenvalue weighted by molar-refractivity contribution is 5.78. The van der Waals surface area contributed by atoms with Crippen molar-refractivity contribution in [2.45, 2.75) is 63.9 Å². The van der Waals surface area contributed by atoms with E-state index >= 15 is 0 Å². The molecular weight excluding hydrogens is 216 g/mol. The second-order valence-electron chi connectivity index (χ2n) is 6.01. The molecule has 0 saturated heterocycles. The van der Waals surface area contributed by atoms with Gasteiger partial charge in [-0.1, -0.05) is 32.6 Å². The fraction of sp³-hybridized carbons (Fsp3) is 0.929. The Morgan fingerprint density at radius 2 is 1.88 bits per heavy atom. The molecule has 2 rings (SSSR count). The van der Waals surface area contributed by atoms with E-state index in [9.17, 15) is 9.90 Å². The molecule has 98 valence electrons. The molecule has 0 heterocycles. The van der Waals surface area contributed by atoms with Crippen molar-refractivity contribution < 1.29 is 14.6 Å². The lowest BCUT2D eigenvalue weighted by molar-refractivity contribution is -0.180. The first kappa shape index (κ1) is 12.9. The van der Waals surface area contributed by atoms with E-state index in [1.54, 1.807) is 0 Å². The topological polar surface area (TPSA) is 46.5 Å². The van der Waals surface area contributed by atoms with E-state index in [-0.39, 0.29) is 5.97 Å². The minimum Gasteiger partial charge on any atom is -0.469 e. The normalized spacial score (nSPS) is 36.8. The van der Waals surface area contributed by atoms with E-state index in [0.29, 0.717) is 5.92 Å². The van der Waals surface area contributed by atoms with Crippen LogP contribution in [-0.2, 0) is 9.53 Å². The number of hydrogen-bond donors (Lipinski definition) is 1. The molecule has 3 heteroatoms. The first-order valence-electron chi connectivity index (χ1n) is 6.85. The maximum atomic E-state index is 12.2. The number of esters is 1. The van der Waals surface area contributed by atoms with Gasteiger partial charge in [-0.3, -0.25) is 4.79 Å². The molecule has 0 aromatic rings. The van der Waals surface area contributed by atoms with Crippen LogP contribution in [0, 0.1) is 11.3 Å². The maximum Gasteiger partial charge on any atom is 0.314 e. The lowest BCUT2D eigenvalue weighted by Gasteiger charge is -2.47. The molecule has 3 nitrogen and oxygen atoms in total. The Labute approximate surface area is 104 Å². The van der Waals surface area contributed by atoms with Crippen molar-refractivity contribution in [2.24, 2.45) is 11.3 Å². The fourth-order valence-electron chi connectivity index (χ4n) is 3.99. The Kier molecular flexibility index (Phi) is 3.48. The van der Waals surface area contributed by atoms with Crippen molar-refractivity contribution in [2.75, 3.05) is 7.11 Å². The van der Waals surface area contributed by atoms with Crippen LogP contribution in [0.1, 0.15) is 58.3 Å². The van der Waals surface area contributed by atoms with Crippen molar-refractivity contribution in [1.29, 1.82) is 0 Å². The average Bonchev–Trinajstić information content (AvgIpc) is 2.78. The predicted octanol–water partition coefficient (Wildman–Crippen LogP) is 2.66. The van der Waals surface area contributed by atoms with Gasteiger partial charge in [0.15, 0.2) is 0 Å². The first-order chi connectivity index (χ1) is 8.04. The van der Waals surface area contributed by atoms with Crippen LogP contribution < -0.4 is 0 Å². The zero-order valence-electron chi connectivity index (χ0n) is 11.0. The summed E-state index contributed by atoms with van der Waals surface area (Å²) >= 11 is 0. The van der Waals surface area contributed by atoms with Gasteiger partial charge in [-0.25, -0.2) is 0 Å². The summed E-state index contributed by atoms with van der Waals surface area (Å²) in [4.78, 5) is 12.2. The van der Waals surface area contributed by atoms with Gasteiger partial charge < -0.3 is 9.84 Å². The summed E-state index contributed by atoms with van der Waals surface area (Å²) in [5, 5.41) is 11.0. The Hall–Kier alpha value is -0.570. The first-order valence-corrected chi connectivity index (χ1v) is 6.85. The molecule has 0 spiro atoms. The van der Waals surface area contributed by atoms with Gasteiger partial charge in [0.05, 0.1) is 18.1 Å². The maximum absolute atomic E-state index is 12.2. The van der Waals surface area contributed by atoms with Gasteiger partial charge in [0.2, 0.25) is 0 Å². The summed E-state index contributed by atoms with van der Waals surface area (Å²) in [6.07, 6.45) is 7.36. The minimum absolute atomic E-state index is 0.188. The molecule has 1 N–H and O–H groups in total. The second kappa shape index (κ2) is 4.60. The van der Waals surface area contributed by atoms with Crippen LogP contribution in [-0.4, -0.2) is 23.8 Å². The number of aliphatic hydroxyl groups is 1.